The molecule has 2 amide bonds. The molecule has 7 heteroatoms. The topological polar surface area (TPSA) is 104 Å². The number of amides is 2. The van der Waals surface area contributed by atoms with Crippen molar-refractivity contribution in [2.45, 2.75) is 58.5 Å². The number of likely N-dealkylation sites (tertiary alicyclic amines) is 1. The molecule has 1 aliphatic rings. The van der Waals surface area contributed by atoms with Gasteiger partial charge in [0.05, 0.1) is 0 Å². The van der Waals surface area contributed by atoms with E-state index in [4.69, 9.17) is 5.11 Å². The number of carboxylic acid groups (broad SMARTS) is 1. The summed E-state index contributed by atoms with van der Waals surface area (Å²) in [5.74, 6) is -4.68. The van der Waals surface area contributed by atoms with Gasteiger partial charge in [-0.3, -0.25) is 19.2 Å². The Morgan fingerprint density at radius 1 is 1.18 bits per heavy atom. The number of rotatable bonds is 5. The fourth-order valence-corrected chi connectivity index (χ4v) is 3.32. The van der Waals surface area contributed by atoms with Crippen molar-refractivity contribution in [2.24, 2.45) is 5.92 Å². The first-order valence-corrected chi connectivity index (χ1v) is 9.26. The second-order valence-corrected chi connectivity index (χ2v) is 8.87. The van der Waals surface area contributed by atoms with Crippen LogP contribution >= 0.6 is 0 Å². The summed E-state index contributed by atoms with van der Waals surface area (Å²) in [6, 6.07) is 7.91. The molecular formula is C21H28N2O5. The average molecular weight is 388 g/mol. The molecule has 1 fully saturated rings. The fourth-order valence-electron chi connectivity index (χ4n) is 3.32. The van der Waals surface area contributed by atoms with E-state index in [1.54, 1.807) is 13.8 Å². The van der Waals surface area contributed by atoms with Crippen LogP contribution in [0.4, 0.5) is 0 Å². The Morgan fingerprint density at radius 2 is 1.75 bits per heavy atom. The summed E-state index contributed by atoms with van der Waals surface area (Å²) in [6.07, 6.45) is 0.0317. The first-order chi connectivity index (χ1) is 12.8. The predicted octanol–water partition coefficient (Wildman–Crippen LogP) is 1.88. The van der Waals surface area contributed by atoms with E-state index in [1.807, 2.05) is 24.3 Å². The molecule has 0 saturated carbocycles. The summed E-state index contributed by atoms with van der Waals surface area (Å²) in [7, 11) is 0. The molecule has 0 spiro atoms. The monoisotopic (exact) mass is 388 g/mol. The average Bonchev–Trinajstić information content (AvgIpc) is 2.55. The number of nitrogens with one attached hydrogen (secondary N) is 1. The number of benzene rings is 1. The molecule has 1 aromatic carbocycles. The van der Waals surface area contributed by atoms with Crippen molar-refractivity contribution in [3.8, 4) is 0 Å². The summed E-state index contributed by atoms with van der Waals surface area (Å²) >= 11 is 0. The van der Waals surface area contributed by atoms with E-state index in [2.05, 4.69) is 26.1 Å². The summed E-state index contributed by atoms with van der Waals surface area (Å²) in [5.41, 5.74) is 1.34. The molecule has 1 unspecified atom stereocenters. The minimum Gasteiger partial charge on any atom is -0.480 e. The van der Waals surface area contributed by atoms with Gasteiger partial charge >= 0.3 is 5.97 Å². The Kier molecular flexibility index (Phi) is 5.97. The number of hydrogen-bond acceptors (Lipinski definition) is 4. The second kappa shape index (κ2) is 7.73. The predicted molar refractivity (Wildman–Crippen MR) is 104 cm³/mol. The lowest BCUT2D eigenvalue weighted by Gasteiger charge is -2.44. The molecule has 1 atom stereocenters. The molecule has 7 nitrogen and oxygen atoms in total. The fraction of sp³-hybridized carbons (Fsp3) is 0.524. The van der Waals surface area contributed by atoms with Gasteiger partial charge in [0.2, 0.25) is 11.8 Å². The lowest BCUT2D eigenvalue weighted by atomic mass is 9.82. The largest absolute Gasteiger partial charge is 0.480 e. The third-order valence-electron chi connectivity index (χ3n) is 5.01. The Hall–Kier alpha value is -2.70. The maximum absolute atomic E-state index is 13.0. The molecule has 0 bridgehead atoms. The van der Waals surface area contributed by atoms with Crippen LogP contribution in [0.1, 0.15) is 52.2 Å². The minimum absolute atomic E-state index is 0.0124. The van der Waals surface area contributed by atoms with Crippen molar-refractivity contribution in [3.63, 3.8) is 0 Å². The van der Waals surface area contributed by atoms with Crippen LogP contribution in [0.3, 0.4) is 0 Å². The number of carboxylic acids is 1. The lowest BCUT2D eigenvalue weighted by molar-refractivity contribution is -0.158. The number of piperidine rings is 1. The van der Waals surface area contributed by atoms with Gasteiger partial charge in [-0.2, -0.15) is 0 Å². The quantitative estimate of drug-likeness (QED) is 0.750. The van der Waals surface area contributed by atoms with Gasteiger partial charge in [0, 0.05) is 18.5 Å². The molecule has 0 radical (unpaired) electrons. The van der Waals surface area contributed by atoms with Gasteiger partial charge in [0.1, 0.15) is 6.54 Å². The van der Waals surface area contributed by atoms with E-state index in [-0.39, 0.29) is 18.4 Å². The van der Waals surface area contributed by atoms with Gasteiger partial charge in [-0.25, -0.2) is 0 Å². The zero-order valence-corrected chi connectivity index (χ0v) is 17.0. The van der Waals surface area contributed by atoms with Gasteiger partial charge in [-0.1, -0.05) is 45.0 Å². The van der Waals surface area contributed by atoms with Crippen molar-refractivity contribution in [1.82, 2.24) is 10.2 Å². The van der Waals surface area contributed by atoms with E-state index in [0.717, 1.165) is 5.56 Å². The highest BCUT2D eigenvalue weighted by Crippen LogP contribution is 2.31. The molecule has 1 saturated heterocycles. The van der Waals surface area contributed by atoms with Crippen LogP contribution in [0.2, 0.25) is 0 Å². The highest BCUT2D eigenvalue weighted by molar-refractivity contribution is 6.20. The normalized spacial score (nSPS) is 19.5. The highest BCUT2D eigenvalue weighted by Gasteiger charge is 2.48. The van der Waals surface area contributed by atoms with E-state index in [9.17, 15) is 19.2 Å². The molecule has 1 aliphatic heterocycles. The maximum Gasteiger partial charge on any atom is 0.322 e. The van der Waals surface area contributed by atoms with Gasteiger partial charge in [0.25, 0.3) is 0 Å². The smallest absolute Gasteiger partial charge is 0.322 e. The maximum atomic E-state index is 13.0. The summed E-state index contributed by atoms with van der Waals surface area (Å²) in [5, 5.41) is 10.8. The standard InChI is InChI=1S/C21H28N2O5/c1-20(2,3)14-8-6-13(7-9-14)12-23-19(28)17(15(24)10-21(23,4)5)18(27)22-11-16(25)26/h6-9,17H,10-12H2,1-5H3,(H,22,27)(H,25,26). The van der Waals surface area contributed by atoms with Crippen LogP contribution < -0.4 is 5.32 Å². The van der Waals surface area contributed by atoms with Crippen LogP contribution in [0.5, 0.6) is 0 Å². The molecule has 28 heavy (non-hydrogen) atoms. The van der Waals surface area contributed by atoms with Crippen LogP contribution in [0, 0.1) is 5.92 Å². The van der Waals surface area contributed by atoms with Crippen molar-refractivity contribution < 1.29 is 24.3 Å². The SMILES string of the molecule is CC(C)(C)c1ccc(CN2C(=O)C(C(=O)NCC(=O)O)C(=O)CC2(C)C)cc1. The van der Waals surface area contributed by atoms with Crippen LogP contribution in [-0.4, -0.2) is 45.7 Å². The Morgan fingerprint density at radius 3 is 2.25 bits per heavy atom. The third kappa shape index (κ3) is 4.77. The number of carbonyl (C=O) groups is 4. The minimum atomic E-state index is -1.50. The Bertz CT molecular complexity index is 790. The van der Waals surface area contributed by atoms with Gasteiger partial charge < -0.3 is 15.3 Å². The Labute approximate surface area is 165 Å². The molecule has 1 heterocycles. The number of carbonyl (C=O) groups excluding carboxylic acids is 3. The van der Waals surface area contributed by atoms with E-state index < -0.39 is 41.6 Å². The number of hydrogen-bond donors (Lipinski definition) is 2. The molecule has 2 N–H and O–H groups in total. The van der Waals surface area contributed by atoms with Crippen molar-refractivity contribution >= 4 is 23.6 Å². The van der Waals surface area contributed by atoms with Gasteiger partial charge in [0.15, 0.2) is 11.7 Å². The van der Waals surface area contributed by atoms with Crippen LogP contribution in [-0.2, 0) is 31.1 Å². The van der Waals surface area contributed by atoms with Crippen LogP contribution in [0.15, 0.2) is 24.3 Å². The van der Waals surface area contributed by atoms with E-state index >= 15 is 0 Å². The van der Waals surface area contributed by atoms with Crippen molar-refractivity contribution in [3.05, 3.63) is 35.4 Å². The highest BCUT2D eigenvalue weighted by atomic mass is 16.4. The van der Waals surface area contributed by atoms with Gasteiger partial charge in [-0.05, 0) is 30.4 Å². The van der Waals surface area contributed by atoms with Crippen molar-refractivity contribution in [2.75, 3.05) is 6.54 Å². The zero-order valence-electron chi connectivity index (χ0n) is 17.0. The lowest BCUT2D eigenvalue weighted by Crippen LogP contribution is -2.60. The number of nitrogens with zero attached hydrogens (tertiary/aromatic N) is 1. The molecular weight excluding hydrogens is 360 g/mol. The number of ketones is 1. The molecule has 1 aromatic rings. The summed E-state index contributed by atoms with van der Waals surface area (Å²) < 4.78 is 0. The first-order valence-electron chi connectivity index (χ1n) is 9.26. The molecule has 0 aliphatic carbocycles. The summed E-state index contributed by atoms with van der Waals surface area (Å²) in [4.78, 5) is 49.8. The molecule has 0 aromatic heterocycles. The van der Waals surface area contributed by atoms with Gasteiger partial charge in [-0.15, -0.1) is 0 Å². The first kappa shape index (κ1) is 21.6. The van der Waals surface area contributed by atoms with E-state index in [1.165, 1.54) is 10.5 Å². The zero-order chi connectivity index (χ0) is 21.3. The second-order valence-electron chi connectivity index (χ2n) is 8.87. The molecule has 152 valence electrons. The van der Waals surface area contributed by atoms with Crippen molar-refractivity contribution in [1.29, 1.82) is 0 Å². The number of Topliss-reactive ketones (excluding diaryl/α,β-unsaturated/α-hetero) is 1. The van der Waals surface area contributed by atoms with E-state index in [0.29, 0.717) is 0 Å². The molecule has 2 rings (SSSR count). The van der Waals surface area contributed by atoms with Crippen LogP contribution in [0.25, 0.3) is 0 Å². The summed E-state index contributed by atoms with van der Waals surface area (Å²) in [6.45, 7) is 9.57. The number of aliphatic carboxylic acids is 1. The Balaban J connectivity index is 2.23. The third-order valence-corrected chi connectivity index (χ3v) is 5.01.